The zero-order valence-electron chi connectivity index (χ0n) is 15.9. The number of thiol groups is 1. The van der Waals surface area contributed by atoms with E-state index < -0.39 is 0 Å². The number of nitrogens with one attached hydrogen (secondary N) is 1. The van der Waals surface area contributed by atoms with Gasteiger partial charge in [-0.25, -0.2) is 4.98 Å². The van der Waals surface area contributed by atoms with Crippen LogP contribution in [-0.2, 0) is 12.8 Å². The normalized spacial score (nSPS) is 11.3. The van der Waals surface area contributed by atoms with Crippen molar-refractivity contribution in [2.24, 2.45) is 0 Å². The lowest BCUT2D eigenvalue weighted by Gasteiger charge is -2.11. The SMILES string of the molecule is CCCCCCCc1ccc2sc(NS)nc2c1CCCCCCC. The number of hydrogen-bond donors (Lipinski definition) is 2. The third kappa shape index (κ3) is 6.49. The topological polar surface area (TPSA) is 24.9 Å². The Morgan fingerprint density at radius 2 is 1.52 bits per heavy atom. The smallest absolute Gasteiger partial charge is 0.193 e. The first-order chi connectivity index (χ1) is 12.3. The molecule has 0 saturated carbocycles. The molecule has 1 heterocycles. The fraction of sp³-hybridized carbons (Fsp3) is 0.667. The first-order valence-electron chi connectivity index (χ1n) is 10.1. The third-order valence-corrected chi connectivity index (χ3v) is 6.24. The zero-order chi connectivity index (χ0) is 17.9. The summed E-state index contributed by atoms with van der Waals surface area (Å²) in [5.74, 6) is 0. The van der Waals surface area contributed by atoms with Crippen LogP contribution in [0.3, 0.4) is 0 Å². The van der Waals surface area contributed by atoms with Gasteiger partial charge in [-0.1, -0.05) is 95.4 Å². The van der Waals surface area contributed by atoms with Gasteiger partial charge in [-0.15, -0.1) is 0 Å². The predicted molar refractivity (Wildman–Crippen MR) is 117 cm³/mol. The van der Waals surface area contributed by atoms with Crippen molar-refractivity contribution in [2.45, 2.75) is 90.9 Å². The molecular weight excluding hydrogens is 344 g/mol. The highest BCUT2D eigenvalue weighted by atomic mass is 32.1. The standard InChI is InChI=1S/C21H34N2S2/c1-3-5-7-9-11-13-17-15-16-19-20(22-21(23-24)25-19)18(17)14-12-10-8-6-4-2/h15-16,24H,3-14H2,1-2H3,(H,22,23). The fourth-order valence-corrected chi connectivity index (χ4v) is 4.45. The van der Waals surface area contributed by atoms with Gasteiger partial charge in [0.15, 0.2) is 5.13 Å². The summed E-state index contributed by atoms with van der Waals surface area (Å²) in [6.45, 7) is 4.55. The number of aromatic nitrogens is 1. The van der Waals surface area contributed by atoms with Gasteiger partial charge in [-0.2, -0.15) is 0 Å². The van der Waals surface area contributed by atoms with Gasteiger partial charge in [0.25, 0.3) is 0 Å². The maximum absolute atomic E-state index is 4.80. The molecule has 0 unspecified atom stereocenters. The average molecular weight is 379 g/mol. The molecule has 0 spiro atoms. The lowest BCUT2D eigenvalue weighted by molar-refractivity contribution is 0.621. The molecule has 0 aliphatic carbocycles. The quantitative estimate of drug-likeness (QED) is 0.277. The summed E-state index contributed by atoms with van der Waals surface area (Å²) in [4.78, 5) is 4.80. The Kier molecular flexibility index (Phi) is 9.70. The lowest BCUT2D eigenvalue weighted by atomic mass is 9.95. The number of anilines is 1. The summed E-state index contributed by atoms with van der Waals surface area (Å²) in [5, 5.41) is 0.908. The van der Waals surface area contributed by atoms with Crippen molar-refractivity contribution in [1.29, 1.82) is 0 Å². The second kappa shape index (κ2) is 11.8. The Labute approximate surface area is 163 Å². The molecule has 140 valence electrons. The van der Waals surface area contributed by atoms with Gasteiger partial charge in [0.05, 0.1) is 10.2 Å². The highest BCUT2D eigenvalue weighted by Gasteiger charge is 2.12. The molecule has 0 fully saturated rings. The minimum Gasteiger partial charge on any atom is -0.308 e. The van der Waals surface area contributed by atoms with Gasteiger partial charge in [-0.3, -0.25) is 0 Å². The number of benzene rings is 1. The van der Waals surface area contributed by atoms with Gasteiger partial charge < -0.3 is 4.72 Å². The first kappa shape index (κ1) is 20.6. The number of rotatable bonds is 13. The Morgan fingerprint density at radius 3 is 2.16 bits per heavy atom. The molecule has 0 bridgehead atoms. The van der Waals surface area contributed by atoms with Gasteiger partial charge in [-0.05, 0) is 42.9 Å². The van der Waals surface area contributed by atoms with E-state index in [0.717, 1.165) is 5.13 Å². The van der Waals surface area contributed by atoms with Crippen LogP contribution in [0, 0.1) is 0 Å². The molecular formula is C21H34N2S2. The number of thiazole rings is 1. The fourth-order valence-electron chi connectivity index (χ4n) is 3.48. The molecule has 1 N–H and O–H groups in total. The summed E-state index contributed by atoms with van der Waals surface area (Å²) >= 11 is 5.88. The highest BCUT2D eigenvalue weighted by molar-refractivity contribution is 7.82. The summed E-state index contributed by atoms with van der Waals surface area (Å²) in [5.41, 5.74) is 4.23. The van der Waals surface area contributed by atoms with Crippen molar-refractivity contribution in [2.75, 3.05) is 4.72 Å². The summed E-state index contributed by atoms with van der Waals surface area (Å²) in [6, 6.07) is 4.60. The second-order valence-corrected chi connectivity index (χ2v) is 8.26. The van der Waals surface area contributed by atoms with Crippen LogP contribution in [0.1, 0.15) is 89.2 Å². The Bertz CT molecular complexity index is 622. The van der Waals surface area contributed by atoms with E-state index in [-0.39, 0.29) is 0 Å². The molecule has 0 aliphatic heterocycles. The number of unbranched alkanes of at least 4 members (excludes halogenated alkanes) is 8. The maximum Gasteiger partial charge on any atom is 0.193 e. The number of nitrogens with zero attached hydrogens (tertiary/aromatic N) is 1. The van der Waals surface area contributed by atoms with E-state index in [4.69, 9.17) is 4.98 Å². The highest BCUT2D eigenvalue weighted by Crippen LogP contribution is 2.32. The summed E-state index contributed by atoms with van der Waals surface area (Å²) in [6.07, 6.45) is 15.7. The molecule has 0 saturated heterocycles. The van der Waals surface area contributed by atoms with Crippen LogP contribution in [0.5, 0.6) is 0 Å². The van der Waals surface area contributed by atoms with Crippen LogP contribution >= 0.6 is 24.2 Å². The summed E-state index contributed by atoms with van der Waals surface area (Å²) in [7, 11) is 0. The molecule has 0 radical (unpaired) electrons. The molecule has 4 heteroatoms. The second-order valence-electron chi connectivity index (χ2n) is 7.01. The van der Waals surface area contributed by atoms with Crippen LogP contribution in [0.25, 0.3) is 10.2 Å². The number of hydrogen-bond acceptors (Lipinski definition) is 4. The van der Waals surface area contributed by atoms with E-state index in [1.807, 2.05) is 0 Å². The van der Waals surface area contributed by atoms with E-state index in [2.05, 4.69) is 43.5 Å². The first-order valence-corrected chi connectivity index (χ1v) is 11.4. The molecule has 0 amide bonds. The van der Waals surface area contributed by atoms with Crippen molar-refractivity contribution in [3.63, 3.8) is 0 Å². The predicted octanol–water partition coefficient (Wildman–Crippen LogP) is 7.58. The van der Waals surface area contributed by atoms with Gasteiger partial charge in [0.1, 0.15) is 0 Å². The van der Waals surface area contributed by atoms with Crippen molar-refractivity contribution < 1.29 is 0 Å². The Hall–Kier alpha value is -0.740. The van der Waals surface area contributed by atoms with Crippen LogP contribution in [0.15, 0.2) is 12.1 Å². The van der Waals surface area contributed by atoms with Crippen LogP contribution in [-0.4, -0.2) is 4.98 Å². The van der Waals surface area contributed by atoms with Gasteiger partial charge in [0.2, 0.25) is 0 Å². The minimum absolute atomic E-state index is 0.908. The molecule has 0 atom stereocenters. The molecule has 2 rings (SSSR count). The zero-order valence-corrected chi connectivity index (χ0v) is 17.7. The Morgan fingerprint density at radius 1 is 0.880 bits per heavy atom. The molecule has 2 nitrogen and oxygen atoms in total. The van der Waals surface area contributed by atoms with Gasteiger partial charge >= 0.3 is 0 Å². The third-order valence-electron chi connectivity index (χ3n) is 4.94. The lowest BCUT2D eigenvalue weighted by Crippen LogP contribution is -1.97. The maximum atomic E-state index is 4.80. The van der Waals surface area contributed by atoms with E-state index >= 15 is 0 Å². The average Bonchev–Trinajstić information content (AvgIpc) is 3.06. The molecule has 2 aromatic rings. The van der Waals surface area contributed by atoms with Crippen molar-refractivity contribution >= 4 is 39.5 Å². The van der Waals surface area contributed by atoms with E-state index in [1.165, 1.54) is 98.4 Å². The van der Waals surface area contributed by atoms with Crippen LogP contribution < -0.4 is 4.72 Å². The van der Waals surface area contributed by atoms with E-state index in [0.29, 0.717) is 0 Å². The van der Waals surface area contributed by atoms with E-state index in [1.54, 1.807) is 11.3 Å². The van der Waals surface area contributed by atoms with Crippen LogP contribution in [0.4, 0.5) is 5.13 Å². The number of aryl methyl sites for hydroxylation is 2. The Balaban J connectivity index is 2.07. The van der Waals surface area contributed by atoms with Crippen molar-refractivity contribution in [3.8, 4) is 0 Å². The molecule has 25 heavy (non-hydrogen) atoms. The van der Waals surface area contributed by atoms with Crippen LogP contribution in [0.2, 0.25) is 0 Å². The van der Waals surface area contributed by atoms with E-state index in [9.17, 15) is 0 Å². The largest absolute Gasteiger partial charge is 0.308 e. The van der Waals surface area contributed by atoms with Crippen molar-refractivity contribution in [3.05, 3.63) is 23.3 Å². The molecule has 1 aromatic carbocycles. The van der Waals surface area contributed by atoms with Crippen molar-refractivity contribution in [1.82, 2.24) is 4.98 Å². The van der Waals surface area contributed by atoms with Gasteiger partial charge in [0, 0.05) is 0 Å². The molecule has 0 aliphatic rings. The molecule has 1 aromatic heterocycles. The summed E-state index contributed by atoms with van der Waals surface area (Å²) < 4.78 is 4.20. The monoisotopic (exact) mass is 378 g/mol. The number of fused-ring (bicyclic) bond motifs is 1. The minimum atomic E-state index is 0.908.